The van der Waals surface area contributed by atoms with Crippen molar-refractivity contribution in [2.24, 2.45) is 0 Å². The molecule has 3 aromatic rings. The molecule has 0 aliphatic rings. The summed E-state index contributed by atoms with van der Waals surface area (Å²) < 4.78 is 19.0. The van der Waals surface area contributed by atoms with Crippen molar-refractivity contribution in [2.75, 3.05) is 17.2 Å². The van der Waals surface area contributed by atoms with E-state index in [0.29, 0.717) is 34.9 Å². The molecule has 3 rings (SSSR count). The molecule has 0 aromatic heterocycles. The van der Waals surface area contributed by atoms with E-state index < -0.39 is 11.7 Å². The second-order valence-electron chi connectivity index (χ2n) is 6.82. The minimum absolute atomic E-state index is 0.0846. The number of para-hydroxylation sites is 1. The molecule has 0 saturated carbocycles. The zero-order valence-electron chi connectivity index (χ0n) is 17.0. The van der Waals surface area contributed by atoms with Gasteiger partial charge in [0.1, 0.15) is 11.6 Å². The molecular formula is C24H22ClFN2O3. The Kier molecular flexibility index (Phi) is 7.62. The fourth-order valence-corrected chi connectivity index (χ4v) is 3.00. The smallest absolute Gasteiger partial charge is 0.259 e. The van der Waals surface area contributed by atoms with Gasteiger partial charge in [-0.25, -0.2) is 4.39 Å². The zero-order valence-corrected chi connectivity index (χ0v) is 17.7. The van der Waals surface area contributed by atoms with E-state index in [1.807, 2.05) is 6.07 Å². The van der Waals surface area contributed by atoms with Crippen LogP contribution in [0.5, 0.6) is 5.75 Å². The lowest BCUT2D eigenvalue weighted by Crippen LogP contribution is -2.15. The number of amides is 2. The van der Waals surface area contributed by atoms with Crippen molar-refractivity contribution in [1.29, 1.82) is 0 Å². The summed E-state index contributed by atoms with van der Waals surface area (Å²) in [4.78, 5) is 25.3. The molecule has 0 saturated heterocycles. The van der Waals surface area contributed by atoms with Gasteiger partial charge in [0.05, 0.1) is 17.2 Å². The first-order valence-electron chi connectivity index (χ1n) is 9.87. The van der Waals surface area contributed by atoms with Gasteiger partial charge in [0, 0.05) is 16.9 Å². The maximum atomic E-state index is 13.3. The van der Waals surface area contributed by atoms with Crippen molar-refractivity contribution in [3.05, 3.63) is 88.7 Å². The Labute approximate surface area is 185 Å². The Hall–Kier alpha value is -3.38. The summed E-state index contributed by atoms with van der Waals surface area (Å²) >= 11 is 5.75. The number of halogens is 2. The molecule has 0 aliphatic heterocycles. The van der Waals surface area contributed by atoms with Gasteiger partial charge in [-0.1, -0.05) is 43.1 Å². The van der Waals surface area contributed by atoms with Crippen molar-refractivity contribution in [2.45, 2.75) is 19.8 Å². The quantitative estimate of drug-likeness (QED) is 0.412. The summed E-state index contributed by atoms with van der Waals surface area (Å²) in [6.45, 7) is 2.60. The Bertz CT molecular complexity index is 1090. The van der Waals surface area contributed by atoms with Gasteiger partial charge in [-0.3, -0.25) is 9.59 Å². The molecule has 2 N–H and O–H groups in total. The average Bonchev–Trinajstić information content (AvgIpc) is 2.77. The number of unbranched alkanes of at least 4 members (excludes halogenated alkanes) is 1. The molecule has 0 unspecified atom stereocenters. The third-order valence-corrected chi connectivity index (χ3v) is 4.74. The predicted octanol–water partition coefficient (Wildman–Crippen LogP) is 6.16. The van der Waals surface area contributed by atoms with Crippen LogP contribution >= 0.6 is 11.6 Å². The van der Waals surface area contributed by atoms with Gasteiger partial charge in [-0.15, -0.1) is 0 Å². The average molecular weight is 441 g/mol. The molecule has 0 aliphatic carbocycles. The Morgan fingerprint density at radius 2 is 1.68 bits per heavy atom. The molecule has 0 radical (unpaired) electrons. The molecule has 7 heteroatoms. The Morgan fingerprint density at radius 3 is 2.45 bits per heavy atom. The van der Waals surface area contributed by atoms with Crippen LogP contribution < -0.4 is 15.4 Å². The SMILES string of the molecule is CCCCOc1ccccc1C(=O)Nc1cccc(C(=O)Nc2ccc(F)c(Cl)c2)c1. The van der Waals surface area contributed by atoms with E-state index in [0.717, 1.165) is 12.8 Å². The number of carbonyl (C=O) groups excluding carboxylic acids is 2. The first-order chi connectivity index (χ1) is 15.0. The number of hydrogen-bond donors (Lipinski definition) is 2. The number of rotatable bonds is 8. The summed E-state index contributed by atoms with van der Waals surface area (Å²) in [6.07, 6.45) is 1.89. The molecule has 5 nitrogen and oxygen atoms in total. The fraction of sp³-hybridized carbons (Fsp3) is 0.167. The topological polar surface area (TPSA) is 67.4 Å². The lowest BCUT2D eigenvalue weighted by Gasteiger charge is -2.12. The van der Waals surface area contributed by atoms with Gasteiger partial charge in [0.2, 0.25) is 0 Å². The fourth-order valence-electron chi connectivity index (χ4n) is 2.82. The van der Waals surface area contributed by atoms with Crippen LogP contribution in [0.3, 0.4) is 0 Å². The van der Waals surface area contributed by atoms with Crippen LogP contribution in [-0.4, -0.2) is 18.4 Å². The van der Waals surface area contributed by atoms with E-state index in [9.17, 15) is 14.0 Å². The highest BCUT2D eigenvalue weighted by Crippen LogP contribution is 2.22. The van der Waals surface area contributed by atoms with Crippen LogP contribution in [-0.2, 0) is 0 Å². The van der Waals surface area contributed by atoms with Crippen molar-refractivity contribution < 1.29 is 18.7 Å². The molecule has 0 atom stereocenters. The van der Waals surface area contributed by atoms with Crippen LogP contribution in [0.1, 0.15) is 40.5 Å². The van der Waals surface area contributed by atoms with E-state index in [1.54, 1.807) is 42.5 Å². The molecular weight excluding hydrogens is 419 g/mol. The van der Waals surface area contributed by atoms with Crippen LogP contribution in [0.4, 0.5) is 15.8 Å². The minimum atomic E-state index is -0.566. The largest absolute Gasteiger partial charge is 0.493 e. The molecule has 0 bridgehead atoms. The lowest BCUT2D eigenvalue weighted by molar-refractivity contribution is 0.101. The highest BCUT2D eigenvalue weighted by molar-refractivity contribution is 6.31. The monoisotopic (exact) mass is 440 g/mol. The molecule has 0 spiro atoms. The van der Waals surface area contributed by atoms with Gasteiger partial charge >= 0.3 is 0 Å². The van der Waals surface area contributed by atoms with Gasteiger partial charge in [-0.05, 0) is 55.0 Å². The second kappa shape index (κ2) is 10.6. The summed E-state index contributed by atoms with van der Waals surface area (Å²) in [6, 6.07) is 17.4. The lowest BCUT2D eigenvalue weighted by atomic mass is 10.1. The first-order valence-corrected chi connectivity index (χ1v) is 10.3. The number of ether oxygens (including phenoxy) is 1. The molecule has 2 amide bonds. The molecule has 3 aromatic carbocycles. The molecule has 0 fully saturated rings. The van der Waals surface area contributed by atoms with Crippen molar-refractivity contribution in [3.8, 4) is 5.75 Å². The van der Waals surface area contributed by atoms with E-state index >= 15 is 0 Å². The van der Waals surface area contributed by atoms with Crippen LogP contribution in [0.15, 0.2) is 66.7 Å². The highest BCUT2D eigenvalue weighted by Gasteiger charge is 2.14. The Morgan fingerprint density at radius 1 is 0.935 bits per heavy atom. The van der Waals surface area contributed by atoms with Gasteiger partial charge in [-0.2, -0.15) is 0 Å². The minimum Gasteiger partial charge on any atom is -0.493 e. The number of hydrogen-bond acceptors (Lipinski definition) is 3. The van der Waals surface area contributed by atoms with Crippen molar-refractivity contribution >= 4 is 34.8 Å². The number of nitrogens with one attached hydrogen (secondary N) is 2. The Balaban J connectivity index is 1.71. The number of carbonyl (C=O) groups is 2. The summed E-state index contributed by atoms with van der Waals surface area (Å²) in [7, 11) is 0. The van der Waals surface area contributed by atoms with E-state index in [-0.39, 0.29) is 10.9 Å². The molecule has 160 valence electrons. The van der Waals surface area contributed by atoms with Gasteiger partial charge in [0.25, 0.3) is 11.8 Å². The van der Waals surface area contributed by atoms with Crippen LogP contribution in [0.25, 0.3) is 0 Å². The van der Waals surface area contributed by atoms with Gasteiger partial charge in [0.15, 0.2) is 0 Å². The van der Waals surface area contributed by atoms with Crippen molar-refractivity contribution in [3.63, 3.8) is 0 Å². The second-order valence-corrected chi connectivity index (χ2v) is 7.22. The van der Waals surface area contributed by atoms with E-state index in [2.05, 4.69) is 17.6 Å². The van der Waals surface area contributed by atoms with E-state index in [1.165, 1.54) is 18.2 Å². The van der Waals surface area contributed by atoms with E-state index in [4.69, 9.17) is 16.3 Å². The van der Waals surface area contributed by atoms with Crippen LogP contribution in [0.2, 0.25) is 5.02 Å². The standard InChI is InChI=1S/C24H22ClFN2O3/c1-2-3-13-31-22-10-5-4-9-19(22)24(30)28-17-8-6-7-16(14-17)23(29)27-18-11-12-21(26)20(25)15-18/h4-12,14-15H,2-3,13H2,1H3,(H,27,29)(H,28,30). The maximum Gasteiger partial charge on any atom is 0.259 e. The third kappa shape index (κ3) is 6.06. The highest BCUT2D eigenvalue weighted by atomic mass is 35.5. The summed E-state index contributed by atoms with van der Waals surface area (Å²) in [5, 5.41) is 5.36. The maximum absolute atomic E-state index is 13.3. The third-order valence-electron chi connectivity index (χ3n) is 4.45. The summed E-state index contributed by atoms with van der Waals surface area (Å²) in [5.41, 5.74) is 1.56. The van der Waals surface area contributed by atoms with Crippen LogP contribution in [0, 0.1) is 5.82 Å². The van der Waals surface area contributed by atoms with Gasteiger partial charge < -0.3 is 15.4 Å². The number of benzene rings is 3. The van der Waals surface area contributed by atoms with Crippen molar-refractivity contribution in [1.82, 2.24) is 0 Å². The predicted molar refractivity (Wildman–Crippen MR) is 121 cm³/mol. The molecule has 31 heavy (non-hydrogen) atoms. The normalized spacial score (nSPS) is 10.4. The summed E-state index contributed by atoms with van der Waals surface area (Å²) in [5.74, 6) is -0.809. The number of anilines is 2. The molecule has 0 heterocycles. The first kappa shape index (κ1) is 22.3. The zero-order chi connectivity index (χ0) is 22.2.